The van der Waals surface area contributed by atoms with Gasteiger partial charge in [0.15, 0.2) is 0 Å². The molecule has 0 unspecified atom stereocenters. The molecule has 13 heavy (non-hydrogen) atoms. The van der Waals surface area contributed by atoms with Crippen molar-refractivity contribution >= 4 is 30.2 Å². The maximum absolute atomic E-state index is 11.3. The van der Waals surface area contributed by atoms with Crippen LogP contribution in [0.15, 0.2) is 0 Å². The van der Waals surface area contributed by atoms with Crippen LogP contribution in [0.4, 0.5) is 0 Å². The van der Waals surface area contributed by atoms with Gasteiger partial charge in [-0.3, -0.25) is 4.79 Å². The summed E-state index contributed by atoms with van der Waals surface area (Å²) < 4.78 is 5.39. The number of rotatable bonds is 5. The van der Waals surface area contributed by atoms with Gasteiger partial charge in [-0.25, -0.2) is 0 Å². The second-order valence-electron chi connectivity index (χ2n) is 4.30. The quantitative estimate of drug-likeness (QED) is 0.565. The van der Waals surface area contributed by atoms with E-state index in [1.54, 1.807) is 0 Å². The summed E-state index contributed by atoms with van der Waals surface area (Å²) in [5.74, 6) is 0.533. The summed E-state index contributed by atoms with van der Waals surface area (Å²) in [6, 6.07) is 0. The van der Waals surface area contributed by atoms with Gasteiger partial charge in [0, 0.05) is 11.4 Å². The molecular formula is C9H19BrO2Si. The molecule has 0 aliphatic heterocycles. The van der Waals surface area contributed by atoms with Crippen molar-refractivity contribution in [3.63, 3.8) is 0 Å². The number of hydrogen-bond acceptors (Lipinski definition) is 2. The zero-order chi connectivity index (χ0) is 10.5. The van der Waals surface area contributed by atoms with Gasteiger partial charge >= 0.3 is 0 Å². The van der Waals surface area contributed by atoms with Gasteiger partial charge in [-0.2, -0.15) is 0 Å². The van der Waals surface area contributed by atoms with Crippen molar-refractivity contribution in [1.82, 2.24) is 0 Å². The SMILES string of the molecule is CC(C)CCC(=O)O[Si](C)(C)CBr. The Morgan fingerprint density at radius 2 is 2.00 bits per heavy atom. The molecule has 0 N–H and O–H groups in total. The molecule has 0 aliphatic carbocycles. The highest BCUT2D eigenvalue weighted by Crippen LogP contribution is 2.11. The summed E-state index contributed by atoms with van der Waals surface area (Å²) in [4.78, 5) is 12.1. The number of hydrogen-bond donors (Lipinski definition) is 0. The predicted octanol–water partition coefficient (Wildman–Crippen LogP) is 3.11. The summed E-state index contributed by atoms with van der Waals surface area (Å²) in [5.41, 5.74) is 0. The van der Waals surface area contributed by atoms with Crippen LogP contribution in [0.2, 0.25) is 13.1 Å². The van der Waals surface area contributed by atoms with Crippen molar-refractivity contribution in [3.8, 4) is 0 Å². The van der Waals surface area contributed by atoms with Crippen LogP contribution in [-0.4, -0.2) is 19.2 Å². The Labute approximate surface area is 90.3 Å². The lowest BCUT2D eigenvalue weighted by Gasteiger charge is -2.20. The van der Waals surface area contributed by atoms with E-state index in [2.05, 4.69) is 29.8 Å². The molecule has 0 aromatic rings. The van der Waals surface area contributed by atoms with Crippen LogP contribution in [0.25, 0.3) is 0 Å². The van der Waals surface area contributed by atoms with Gasteiger partial charge in [-0.15, -0.1) is 0 Å². The van der Waals surface area contributed by atoms with E-state index in [0.29, 0.717) is 12.3 Å². The highest BCUT2D eigenvalue weighted by atomic mass is 79.9. The lowest BCUT2D eigenvalue weighted by molar-refractivity contribution is -0.135. The maximum atomic E-state index is 11.3. The molecule has 0 aromatic carbocycles. The second-order valence-corrected chi connectivity index (χ2v) is 9.97. The Balaban J connectivity index is 3.74. The molecule has 0 aliphatic rings. The van der Waals surface area contributed by atoms with Crippen LogP contribution in [0.3, 0.4) is 0 Å². The molecular weight excluding hydrogens is 248 g/mol. The molecule has 0 saturated carbocycles. The lowest BCUT2D eigenvalue weighted by atomic mass is 10.1. The molecule has 0 bridgehead atoms. The fourth-order valence-electron chi connectivity index (χ4n) is 0.793. The van der Waals surface area contributed by atoms with Crippen molar-refractivity contribution < 1.29 is 9.22 Å². The Hall–Kier alpha value is 0.167. The van der Waals surface area contributed by atoms with Gasteiger partial charge in [0.2, 0.25) is 0 Å². The molecule has 2 nitrogen and oxygen atoms in total. The average Bonchev–Trinajstić information content (AvgIpc) is 2.00. The third-order valence-electron chi connectivity index (χ3n) is 1.64. The van der Waals surface area contributed by atoms with Crippen molar-refractivity contribution in [2.45, 2.75) is 39.8 Å². The summed E-state index contributed by atoms with van der Waals surface area (Å²) in [6.45, 7) is 8.30. The summed E-state index contributed by atoms with van der Waals surface area (Å²) >= 11 is 3.36. The standard InChI is InChI=1S/C9H19BrO2Si/c1-8(2)5-6-9(11)12-13(3,4)7-10/h8H,5-7H2,1-4H3. The maximum Gasteiger partial charge on any atom is 0.292 e. The summed E-state index contributed by atoms with van der Waals surface area (Å²) in [7, 11) is -1.75. The fourth-order valence-corrected chi connectivity index (χ4v) is 1.91. The molecule has 0 heterocycles. The van der Waals surface area contributed by atoms with E-state index < -0.39 is 8.32 Å². The van der Waals surface area contributed by atoms with Crippen molar-refractivity contribution in [1.29, 1.82) is 0 Å². The first-order valence-electron chi connectivity index (χ1n) is 4.65. The molecule has 0 spiro atoms. The molecule has 0 aromatic heterocycles. The van der Waals surface area contributed by atoms with E-state index in [4.69, 9.17) is 4.43 Å². The van der Waals surface area contributed by atoms with Gasteiger partial charge in [-0.05, 0) is 25.4 Å². The molecule has 0 radical (unpaired) electrons. The largest absolute Gasteiger partial charge is 0.519 e. The van der Waals surface area contributed by atoms with Crippen molar-refractivity contribution in [3.05, 3.63) is 0 Å². The first kappa shape index (κ1) is 13.2. The monoisotopic (exact) mass is 266 g/mol. The normalized spacial score (nSPS) is 11.8. The third-order valence-corrected chi connectivity index (χ3v) is 7.11. The van der Waals surface area contributed by atoms with Gasteiger partial charge in [0.25, 0.3) is 14.3 Å². The zero-order valence-electron chi connectivity index (χ0n) is 8.89. The van der Waals surface area contributed by atoms with Crippen LogP contribution in [-0.2, 0) is 9.22 Å². The van der Waals surface area contributed by atoms with Gasteiger partial charge in [-0.1, -0.05) is 29.8 Å². The Morgan fingerprint density at radius 3 is 2.38 bits per heavy atom. The van der Waals surface area contributed by atoms with Crippen LogP contribution >= 0.6 is 15.9 Å². The van der Waals surface area contributed by atoms with E-state index in [-0.39, 0.29) is 5.97 Å². The number of alkyl halides is 1. The van der Waals surface area contributed by atoms with Crippen LogP contribution in [0.1, 0.15) is 26.7 Å². The Morgan fingerprint density at radius 1 is 1.46 bits per heavy atom. The number of carbonyl (C=O) groups excluding carboxylic acids is 1. The van der Waals surface area contributed by atoms with E-state index in [9.17, 15) is 4.79 Å². The van der Waals surface area contributed by atoms with Crippen molar-refractivity contribution in [2.75, 3.05) is 4.95 Å². The fraction of sp³-hybridized carbons (Fsp3) is 0.889. The van der Waals surface area contributed by atoms with Gasteiger partial charge in [0.05, 0.1) is 0 Å². The molecule has 0 saturated heterocycles. The average molecular weight is 267 g/mol. The highest BCUT2D eigenvalue weighted by molar-refractivity contribution is 9.09. The molecule has 0 atom stereocenters. The van der Waals surface area contributed by atoms with E-state index >= 15 is 0 Å². The topological polar surface area (TPSA) is 26.3 Å². The summed E-state index contributed by atoms with van der Waals surface area (Å²) in [6.07, 6.45) is 1.48. The molecule has 78 valence electrons. The second kappa shape index (κ2) is 5.80. The smallest absolute Gasteiger partial charge is 0.292 e. The van der Waals surface area contributed by atoms with Crippen LogP contribution < -0.4 is 0 Å². The Kier molecular flexibility index (Phi) is 5.88. The van der Waals surface area contributed by atoms with Crippen LogP contribution in [0.5, 0.6) is 0 Å². The zero-order valence-corrected chi connectivity index (χ0v) is 11.5. The molecule has 0 fully saturated rings. The number of carbonyl (C=O) groups is 1. The summed E-state index contributed by atoms with van der Waals surface area (Å²) in [5, 5.41) is 0. The minimum absolute atomic E-state index is 0.0372. The van der Waals surface area contributed by atoms with Crippen LogP contribution in [0, 0.1) is 5.92 Å². The molecule has 0 amide bonds. The number of halogens is 1. The van der Waals surface area contributed by atoms with E-state index in [1.807, 2.05) is 13.1 Å². The first-order chi connectivity index (χ1) is 5.87. The van der Waals surface area contributed by atoms with Gasteiger partial charge in [0.1, 0.15) is 0 Å². The van der Waals surface area contributed by atoms with E-state index in [0.717, 1.165) is 11.4 Å². The van der Waals surface area contributed by atoms with Crippen molar-refractivity contribution in [2.24, 2.45) is 5.92 Å². The van der Waals surface area contributed by atoms with Gasteiger partial charge < -0.3 is 4.43 Å². The highest BCUT2D eigenvalue weighted by Gasteiger charge is 2.25. The predicted molar refractivity (Wildman–Crippen MR) is 61.4 cm³/mol. The minimum atomic E-state index is -1.75. The minimum Gasteiger partial charge on any atom is -0.519 e. The molecule has 0 rings (SSSR count). The lowest BCUT2D eigenvalue weighted by Crippen LogP contribution is -2.35. The first-order valence-corrected chi connectivity index (χ1v) is 8.89. The molecule has 4 heteroatoms. The third kappa shape index (κ3) is 7.25. The van der Waals surface area contributed by atoms with E-state index in [1.165, 1.54) is 0 Å². The Bertz CT molecular complexity index is 169.